The second-order valence-corrected chi connectivity index (χ2v) is 12.7. The van der Waals surface area contributed by atoms with Gasteiger partial charge in [0.15, 0.2) is 0 Å². The molecule has 0 saturated carbocycles. The van der Waals surface area contributed by atoms with Crippen LogP contribution >= 0.6 is 0 Å². The lowest BCUT2D eigenvalue weighted by Gasteiger charge is -2.42. The summed E-state index contributed by atoms with van der Waals surface area (Å²) in [6, 6.07) is 39.7. The molecular weight excluding hydrogens is 604 g/mol. The highest BCUT2D eigenvalue weighted by Crippen LogP contribution is 2.58. The van der Waals surface area contributed by atoms with E-state index >= 15 is 0 Å². The van der Waals surface area contributed by atoms with E-state index in [1.807, 2.05) is 24.4 Å². The molecule has 6 aromatic carbocycles. The van der Waals surface area contributed by atoms with Crippen LogP contribution in [-0.4, -0.2) is 43.3 Å². The van der Waals surface area contributed by atoms with Gasteiger partial charge in [0, 0.05) is 77.5 Å². The van der Waals surface area contributed by atoms with E-state index in [4.69, 9.17) is 9.84 Å². The molecule has 1 spiro atoms. The van der Waals surface area contributed by atoms with Crippen LogP contribution in [0.2, 0.25) is 0 Å². The maximum absolute atomic E-state index is 14.7. The fraction of sp³-hybridized carbons (Fsp3) is 0.209. The molecule has 6 aromatic rings. The molecule has 0 bridgehead atoms. The van der Waals surface area contributed by atoms with Crippen LogP contribution in [0, 0.1) is 0 Å². The predicted molar refractivity (Wildman–Crippen MR) is 202 cm³/mol. The number of hydrogen-bond donors (Lipinski definition) is 0. The molecule has 0 aliphatic carbocycles. The molecule has 0 N–H and O–H groups in total. The number of anilines is 2. The molecule has 2 aliphatic rings. The van der Waals surface area contributed by atoms with Gasteiger partial charge in [-0.15, -0.1) is 0 Å². The minimum Gasteiger partial charge on any atom is -0.456 e. The van der Waals surface area contributed by atoms with Gasteiger partial charge in [0.1, 0.15) is 17.0 Å². The van der Waals surface area contributed by atoms with Crippen LogP contribution in [0.25, 0.3) is 21.5 Å². The van der Waals surface area contributed by atoms with Gasteiger partial charge >= 0.3 is 0 Å². The Hall–Kier alpha value is -5.62. The predicted octanol–water partition coefficient (Wildman–Crippen LogP) is 9.57. The number of amides is 1. The van der Waals surface area contributed by atoms with E-state index in [2.05, 4.69) is 135 Å². The van der Waals surface area contributed by atoms with E-state index in [0.29, 0.717) is 5.56 Å². The number of hydrazone groups is 1. The summed E-state index contributed by atoms with van der Waals surface area (Å²) in [6.45, 7) is 12.2. The summed E-state index contributed by atoms with van der Waals surface area (Å²) >= 11 is 0. The molecule has 8 rings (SSSR count). The summed E-state index contributed by atoms with van der Waals surface area (Å²) < 4.78 is 6.86. The standard InChI is InChI=1S/C43H40N4O2/c1-5-45(6-2)31-21-23-38-40(26-31)49-41-27-32(46(7-3)8-4)22-24-39(41)43(38)37-20-14-13-19-35(37)42(48)47(43)44-28-36-33-17-11-9-15-29(33)25-30-16-10-12-18-34(30)36/h9-28H,5-8H2,1-4H3/b44-28+. The number of fused-ring (bicyclic) bond motifs is 8. The summed E-state index contributed by atoms with van der Waals surface area (Å²) in [5.74, 6) is 1.32. The Morgan fingerprint density at radius 3 is 1.69 bits per heavy atom. The molecule has 0 saturated heterocycles. The molecule has 0 unspecified atom stereocenters. The summed E-state index contributed by atoms with van der Waals surface area (Å²) in [5.41, 5.74) is 5.42. The highest BCUT2D eigenvalue weighted by molar-refractivity contribution is 6.14. The normalized spacial score (nSPS) is 14.3. The third-order valence-corrected chi connectivity index (χ3v) is 10.4. The van der Waals surface area contributed by atoms with Crippen LogP contribution in [-0.2, 0) is 5.54 Å². The van der Waals surface area contributed by atoms with Crippen LogP contribution in [0.3, 0.4) is 0 Å². The first-order valence-corrected chi connectivity index (χ1v) is 17.4. The SMILES string of the molecule is CCN(CC)c1ccc2c(c1)Oc1cc(N(CC)CC)ccc1C21c2ccccc2C(=O)N1/N=C/c1c2ccccc2cc2ccccc12. The van der Waals surface area contributed by atoms with Crippen molar-refractivity contribution in [3.63, 3.8) is 0 Å². The largest absolute Gasteiger partial charge is 0.456 e. The van der Waals surface area contributed by atoms with Crippen molar-refractivity contribution < 1.29 is 9.53 Å². The molecule has 0 fully saturated rings. The molecule has 0 atom stereocenters. The Morgan fingerprint density at radius 2 is 1.14 bits per heavy atom. The molecule has 0 radical (unpaired) electrons. The molecule has 1 amide bonds. The Kier molecular flexibility index (Phi) is 7.59. The lowest BCUT2D eigenvalue weighted by molar-refractivity contribution is 0.0675. The summed E-state index contributed by atoms with van der Waals surface area (Å²) in [7, 11) is 0. The van der Waals surface area contributed by atoms with E-state index in [0.717, 1.165) is 92.9 Å². The molecule has 2 aliphatic heterocycles. The molecule has 2 heterocycles. The minimum absolute atomic E-state index is 0.143. The number of hydrogen-bond acceptors (Lipinski definition) is 5. The number of ether oxygens (including phenoxy) is 1. The van der Waals surface area contributed by atoms with E-state index < -0.39 is 5.54 Å². The summed E-state index contributed by atoms with van der Waals surface area (Å²) in [4.78, 5) is 19.4. The van der Waals surface area contributed by atoms with Crippen LogP contribution in [0.15, 0.2) is 120 Å². The molecule has 0 aromatic heterocycles. The zero-order valence-corrected chi connectivity index (χ0v) is 28.5. The number of rotatable bonds is 8. The second kappa shape index (κ2) is 12.1. The van der Waals surface area contributed by atoms with Crippen molar-refractivity contribution in [1.29, 1.82) is 0 Å². The highest BCUT2D eigenvalue weighted by Gasteiger charge is 2.57. The first-order valence-electron chi connectivity index (χ1n) is 17.4. The van der Waals surface area contributed by atoms with Gasteiger partial charge in [-0.05, 0) is 73.5 Å². The topological polar surface area (TPSA) is 48.4 Å². The maximum Gasteiger partial charge on any atom is 0.275 e. The Morgan fingerprint density at radius 1 is 0.633 bits per heavy atom. The van der Waals surface area contributed by atoms with Crippen LogP contribution in [0.4, 0.5) is 11.4 Å². The Balaban J connectivity index is 1.41. The first kappa shape index (κ1) is 30.7. The van der Waals surface area contributed by atoms with Crippen molar-refractivity contribution >= 4 is 45.0 Å². The fourth-order valence-electron chi connectivity index (χ4n) is 7.95. The van der Waals surface area contributed by atoms with Gasteiger partial charge in [0.2, 0.25) is 0 Å². The summed E-state index contributed by atoms with van der Waals surface area (Å²) in [6.07, 6.45) is 1.89. The van der Waals surface area contributed by atoms with Gasteiger partial charge in [-0.3, -0.25) is 4.79 Å². The number of nitrogens with zero attached hydrogens (tertiary/aromatic N) is 4. The highest BCUT2D eigenvalue weighted by atomic mass is 16.5. The molecule has 6 heteroatoms. The lowest BCUT2D eigenvalue weighted by Crippen LogP contribution is -2.44. The second-order valence-electron chi connectivity index (χ2n) is 12.7. The van der Waals surface area contributed by atoms with Gasteiger partial charge in [0.25, 0.3) is 5.91 Å². The zero-order valence-electron chi connectivity index (χ0n) is 28.5. The van der Waals surface area contributed by atoms with Crippen LogP contribution in [0.1, 0.15) is 60.3 Å². The quantitative estimate of drug-likeness (QED) is 0.122. The summed E-state index contributed by atoms with van der Waals surface area (Å²) in [5, 5.41) is 11.4. The monoisotopic (exact) mass is 644 g/mol. The third kappa shape index (κ3) is 4.61. The molecule has 244 valence electrons. The van der Waals surface area contributed by atoms with Gasteiger partial charge in [0.05, 0.1) is 6.21 Å². The number of carbonyl (C=O) groups excluding carboxylic acids is 1. The van der Waals surface area contributed by atoms with Gasteiger partial charge in [-0.1, -0.05) is 78.9 Å². The van der Waals surface area contributed by atoms with Gasteiger partial charge < -0.3 is 14.5 Å². The van der Waals surface area contributed by atoms with E-state index in [9.17, 15) is 4.79 Å². The first-order chi connectivity index (χ1) is 24.0. The van der Waals surface area contributed by atoms with Crippen LogP contribution in [0.5, 0.6) is 11.5 Å². The van der Waals surface area contributed by atoms with E-state index in [1.165, 1.54) is 0 Å². The Bertz CT molecular complexity index is 2150. The average Bonchev–Trinajstić information content (AvgIpc) is 3.38. The van der Waals surface area contributed by atoms with Crippen molar-refractivity contribution in [1.82, 2.24) is 5.01 Å². The van der Waals surface area contributed by atoms with Crippen molar-refractivity contribution in [2.24, 2.45) is 5.10 Å². The van der Waals surface area contributed by atoms with Crippen molar-refractivity contribution in [3.05, 3.63) is 143 Å². The smallest absolute Gasteiger partial charge is 0.275 e. The number of benzene rings is 6. The van der Waals surface area contributed by atoms with E-state index in [-0.39, 0.29) is 5.91 Å². The Labute approximate surface area is 287 Å². The fourth-order valence-corrected chi connectivity index (χ4v) is 7.95. The minimum atomic E-state index is -1.04. The van der Waals surface area contributed by atoms with Crippen molar-refractivity contribution in [3.8, 4) is 11.5 Å². The van der Waals surface area contributed by atoms with E-state index in [1.54, 1.807) is 5.01 Å². The maximum atomic E-state index is 14.7. The van der Waals surface area contributed by atoms with Crippen LogP contribution < -0.4 is 14.5 Å². The average molecular weight is 645 g/mol. The molecule has 49 heavy (non-hydrogen) atoms. The lowest BCUT2D eigenvalue weighted by atomic mass is 9.75. The van der Waals surface area contributed by atoms with Crippen molar-refractivity contribution in [2.75, 3.05) is 36.0 Å². The van der Waals surface area contributed by atoms with Crippen molar-refractivity contribution in [2.45, 2.75) is 33.2 Å². The van der Waals surface area contributed by atoms with Gasteiger partial charge in [-0.2, -0.15) is 5.10 Å². The molecular formula is C43H40N4O2. The molecule has 6 nitrogen and oxygen atoms in total. The van der Waals surface area contributed by atoms with Gasteiger partial charge in [-0.25, -0.2) is 5.01 Å². The third-order valence-electron chi connectivity index (χ3n) is 10.4. The zero-order chi connectivity index (χ0) is 33.7. The number of carbonyl (C=O) groups is 1.